The number of halogens is 1. The van der Waals surface area contributed by atoms with Crippen molar-refractivity contribution in [3.8, 4) is 11.5 Å². The van der Waals surface area contributed by atoms with E-state index in [1.54, 1.807) is 0 Å². The van der Waals surface area contributed by atoms with Gasteiger partial charge in [-0.25, -0.2) is 0 Å². The molecule has 92 valence electrons. The van der Waals surface area contributed by atoms with Crippen LogP contribution in [0.15, 0.2) is 4.47 Å². The smallest absolute Gasteiger partial charge is 0.137 e. The highest BCUT2D eigenvalue weighted by atomic mass is 79.9. The van der Waals surface area contributed by atoms with Crippen molar-refractivity contribution in [2.75, 3.05) is 19.8 Å². The summed E-state index contributed by atoms with van der Waals surface area (Å²) in [6.07, 6.45) is 3.55. The Bertz CT molecular complexity index is 421. The fraction of sp³-hybridized carbons (Fsp3) is 0.538. The summed E-state index contributed by atoms with van der Waals surface area (Å²) in [4.78, 5) is 0. The van der Waals surface area contributed by atoms with Crippen LogP contribution in [0.25, 0.3) is 0 Å². The molecule has 1 aromatic rings. The first-order chi connectivity index (χ1) is 8.33. The zero-order valence-electron chi connectivity index (χ0n) is 9.59. The number of ether oxygens (including phenoxy) is 2. The summed E-state index contributed by atoms with van der Waals surface area (Å²) >= 11 is 3.63. The van der Waals surface area contributed by atoms with Crippen LogP contribution in [0.2, 0.25) is 0 Å². The number of fused-ring (bicyclic) bond motifs is 2. The van der Waals surface area contributed by atoms with E-state index in [0.717, 1.165) is 54.9 Å². The van der Waals surface area contributed by atoms with Gasteiger partial charge in [-0.1, -0.05) is 0 Å². The lowest BCUT2D eigenvalue weighted by Gasteiger charge is -2.14. The molecule has 0 radical (unpaired) electrons. The molecule has 3 nitrogen and oxygen atoms in total. The minimum atomic E-state index is 0.223. The van der Waals surface area contributed by atoms with E-state index in [1.165, 1.54) is 16.7 Å². The predicted octanol–water partition coefficient (Wildman–Crippen LogP) is 2.24. The van der Waals surface area contributed by atoms with Crippen LogP contribution in [0.4, 0.5) is 0 Å². The van der Waals surface area contributed by atoms with Crippen molar-refractivity contribution in [2.45, 2.75) is 25.7 Å². The highest BCUT2D eigenvalue weighted by Crippen LogP contribution is 2.47. The standard InChI is InChI=1S/C13H15BrO3/c14-11-10-4-7-16-12(10)8(2-1-5-15)9-3-6-17-13(9)11/h15H,1-7H2. The molecule has 0 fully saturated rings. The molecule has 3 rings (SSSR count). The Hall–Kier alpha value is -0.740. The minimum absolute atomic E-state index is 0.223. The Morgan fingerprint density at radius 3 is 2.53 bits per heavy atom. The second-order valence-electron chi connectivity index (χ2n) is 4.43. The van der Waals surface area contributed by atoms with Crippen LogP contribution in [-0.2, 0) is 19.3 Å². The van der Waals surface area contributed by atoms with Crippen LogP contribution >= 0.6 is 15.9 Å². The summed E-state index contributed by atoms with van der Waals surface area (Å²) in [6, 6.07) is 0. The van der Waals surface area contributed by atoms with Gasteiger partial charge in [-0.15, -0.1) is 0 Å². The predicted molar refractivity (Wildman–Crippen MR) is 67.9 cm³/mol. The maximum atomic E-state index is 9.00. The number of benzene rings is 1. The Balaban J connectivity index is 2.12. The van der Waals surface area contributed by atoms with Crippen LogP contribution in [-0.4, -0.2) is 24.9 Å². The highest BCUT2D eigenvalue weighted by Gasteiger charge is 2.29. The molecule has 2 aliphatic heterocycles. The third-order valence-corrected chi connectivity index (χ3v) is 4.27. The summed E-state index contributed by atoms with van der Waals surface area (Å²) in [6.45, 7) is 1.73. The molecule has 2 aliphatic rings. The van der Waals surface area contributed by atoms with Crippen molar-refractivity contribution in [1.82, 2.24) is 0 Å². The average molecular weight is 299 g/mol. The minimum Gasteiger partial charge on any atom is -0.493 e. The van der Waals surface area contributed by atoms with Crippen molar-refractivity contribution < 1.29 is 14.6 Å². The SMILES string of the molecule is OCCCc1c2c(c(Br)c3c1OCC3)OCC2. The van der Waals surface area contributed by atoms with E-state index >= 15 is 0 Å². The molecule has 0 amide bonds. The zero-order valence-corrected chi connectivity index (χ0v) is 11.2. The molecule has 1 N–H and O–H groups in total. The lowest BCUT2D eigenvalue weighted by Crippen LogP contribution is -1.99. The van der Waals surface area contributed by atoms with Crippen molar-refractivity contribution in [3.63, 3.8) is 0 Å². The highest BCUT2D eigenvalue weighted by molar-refractivity contribution is 9.10. The molecule has 0 saturated heterocycles. The molecule has 0 bridgehead atoms. The van der Waals surface area contributed by atoms with Gasteiger partial charge in [0, 0.05) is 36.1 Å². The van der Waals surface area contributed by atoms with Gasteiger partial charge in [0.05, 0.1) is 17.7 Å². The van der Waals surface area contributed by atoms with Crippen molar-refractivity contribution in [2.24, 2.45) is 0 Å². The quantitative estimate of drug-likeness (QED) is 0.930. The first-order valence-corrected chi connectivity index (χ1v) is 6.84. The second kappa shape index (κ2) is 4.50. The molecule has 0 aliphatic carbocycles. The first kappa shape index (κ1) is 11.4. The normalized spacial score (nSPS) is 16.4. The number of aliphatic hydroxyl groups is 1. The fourth-order valence-corrected chi connectivity index (χ4v) is 3.40. The Morgan fingerprint density at radius 2 is 1.76 bits per heavy atom. The number of hydrogen-bond donors (Lipinski definition) is 1. The van der Waals surface area contributed by atoms with Crippen molar-refractivity contribution in [3.05, 3.63) is 21.2 Å². The van der Waals surface area contributed by atoms with E-state index in [4.69, 9.17) is 14.6 Å². The maximum absolute atomic E-state index is 9.00. The van der Waals surface area contributed by atoms with E-state index in [9.17, 15) is 0 Å². The average Bonchev–Trinajstić information content (AvgIpc) is 2.97. The van der Waals surface area contributed by atoms with Crippen LogP contribution in [0.1, 0.15) is 23.1 Å². The van der Waals surface area contributed by atoms with E-state index in [-0.39, 0.29) is 6.61 Å². The molecule has 0 unspecified atom stereocenters. The molecular formula is C13H15BrO3. The van der Waals surface area contributed by atoms with E-state index in [1.807, 2.05) is 0 Å². The summed E-state index contributed by atoms with van der Waals surface area (Å²) in [5.41, 5.74) is 3.76. The molecule has 0 spiro atoms. The van der Waals surface area contributed by atoms with E-state index in [2.05, 4.69) is 15.9 Å². The molecule has 0 aromatic heterocycles. The van der Waals surface area contributed by atoms with Gasteiger partial charge in [0.15, 0.2) is 0 Å². The third-order valence-electron chi connectivity index (χ3n) is 3.43. The lowest BCUT2D eigenvalue weighted by atomic mass is 9.96. The van der Waals surface area contributed by atoms with E-state index in [0.29, 0.717) is 0 Å². The summed E-state index contributed by atoms with van der Waals surface area (Å²) in [5, 5.41) is 9.00. The second-order valence-corrected chi connectivity index (χ2v) is 5.22. The molecule has 17 heavy (non-hydrogen) atoms. The van der Waals surface area contributed by atoms with Crippen LogP contribution < -0.4 is 9.47 Å². The Labute approximate surface area is 109 Å². The largest absolute Gasteiger partial charge is 0.493 e. The van der Waals surface area contributed by atoms with Gasteiger partial charge in [-0.3, -0.25) is 0 Å². The van der Waals surface area contributed by atoms with Gasteiger partial charge in [-0.2, -0.15) is 0 Å². The van der Waals surface area contributed by atoms with Crippen LogP contribution in [0.5, 0.6) is 11.5 Å². The van der Waals surface area contributed by atoms with Gasteiger partial charge in [0.2, 0.25) is 0 Å². The number of hydrogen-bond acceptors (Lipinski definition) is 3. The molecular weight excluding hydrogens is 284 g/mol. The van der Waals surface area contributed by atoms with Crippen molar-refractivity contribution >= 4 is 15.9 Å². The van der Waals surface area contributed by atoms with Gasteiger partial charge in [0.25, 0.3) is 0 Å². The van der Waals surface area contributed by atoms with Gasteiger partial charge >= 0.3 is 0 Å². The monoisotopic (exact) mass is 298 g/mol. The van der Waals surface area contributed by atoms with Crippen molar-refractivity contribution in [1.29, 1.82) is 0 Å². The van der Waals surface area contributed by atoms with Gasteiger partial charge < -0.3 is 14.6 Å². The first-order valence-electron chi connectivity index (χ1n) is 6.05. The van der Waals surface area contributed by atoms with Crippen LogP contribution in [0, 0.1) is 0 Å². The summed E-state index contributed by atoms with van der Waals surface area (Å²) in [5.74, 6) is 2.04. The summed E-state index contributed by atoms with van der Waals surface area (Å²) < 4.78 is 12.6. The molecule has 2 heterocycles. The van der Waals surface area contributed by atoms with E-state index < -0.39 is 0 Å². The molecule has 1 aromatic carbocycles. The number of rotatable bonds is 3. The fourth-order valence-electron chi connectivity index (χ4n) is 2.67. The Morgan fingerprint density at radius 1 is 1.06 bits per heavy atom. The summed E-state index contributed by atoms with van der Waals surface area (Å²) in [7, 11) is 0. The van der Waals surface area contributed by atoms with Gasteiger partial charge in [-0.05, 0) is 28.8 Å². The maximum Gasteiger partial charge on any atom is 0.137 e. The molecule has 0 atom stereocenters. The lowest BCUT2D eigenvalue weighted by molar-refractivity contribution is 0.287. The molecule has 0 saturated carbocycles. The zero-order chi connectivity index (χ0) is 11.8. The van der Waals surface area contributed by atoms with Crippen LogP contribution in [0.3, 0.4) is 0 Å². The number of aliphatic hydroxyl groups excluding tert-OH is 1. The topological polar surface area (TPSA) is 38.7 Å². The third kappa shape index (κ3) is 1.74. The Kier molecular flexibility index (Phi) is 3.01. The van der Waals surface area contributed by atoms with Gasteiger partial charge in [0.1, 0.15) is 11.5 Å². The molecule has 4 heteroatoms.